The van der Waals surface area contributed by atoms with Gasteiger partial charge in [0.15, 0.2) is 0 Å². The number of nitrogens with one attached hydrogen (secondary N) is 2. The van der Waals surface area contributed by atoms with Crippen LogP contribution in [-0.2, 0) is 4.79 Å². The molecule has 110 valence electrons. The van der Waals surface area contributed by atoms with E-state index < -0.39 is 0 Å². The average molecular weight is 267 g/mol. The van der Waals surface area contributed by atoms with Crippen LogP contribution >= 0.6 is 0 Å². The first-order chi connectivity index (χ1) is 9.24. The second kappa shape index (κ2) is 7.85. The van der Waals surface area contributed by atoms with Crippen molar-refractivity contribution in [2.45, 2.75) is 64.0 Å². The summed E-state index contributed by atoms with van der Waals surface area (Å²) in [7, 11) is 0. The van der Waals surface area contributed by atoms with E-state index in [1.54, 1.807) is 0 Å². The molecule has 4 heteroatoms. The van der Waals surface area contributed by atoms with Crippen LogP contribution in [0.5, 0.6) is 0 Å². The zero-order chi connectivity index (χ0) is 13.5. The first-order valence-electron chi connectivity index (χ1n) is 7.99. The third-order valence-electron chi connectivity index (χ3n) is 4.23. The molecule has 19 heavy (non-hydrogen) atoms. The molecule has 0 bridgehead atoms. The van der Waals surface area contributed by atoms with E-state index in [1.807, 2.05) is 0 Å². The minimum absolute atomic E-state index is 0.212. The van der Waals surface area contributed by atoms with Crippen molar-refractivity contribution in [3.05, 3.63) is 0 Å². The molecular weight excluding hydrogens is 238 g/mol. The van der Waals surface area contributed by atoms with Crippen LogP contribution in [0.1, 0.15) is 51.9 Å². The summed E-state index contributed by atoms with van der Waals surface area (Å²) in [6, 6.07) is 0.671. The van der Waals surface area contributed by atoms with Crippen LogP contribution in [0.15, 0.2) is 0 Å². The summed E-state index contributed by atoms with van der Waals surface area (Å²) in [4.78, 5) is 14.5. The zero-order valence-corrected chi connectivity index (χ0v) is 12.3. The number of hydrogen-bond donors (Lipinski definition) is 2. The van der Waals surface area contributed by atoms with Crippen LogP contribution in [0.3, 0.4) is 0 Å². The molecule has 2 aliphatic heterocycles. The Bertz CT molecular complexity index is 271. The van der Waals surface area contributed by atoms with Gasteiger partial charge in [-0.15, -0.1) is 0 Å². The van der Waals surface area contributed by atoms with Gasteiger partial charge in [0.25, 0.3) is 0 Å². The largest absolute Gasteiger partial charge is 0.352 e. The third kappa shape index (κ3) is 5.49. The number of piperidine rings is 2. The van der Waals surface area contributed by atoms with Gasteiger partial charge in [-0.3, -0.25) is 4.79 Å². The lowest BCUT2D eigenvalue weighted by molar-refractivity contribution is -0.122. The molecule has 2 N–H and O–H groups in total. The van der Waals surface area contributed by atoms with E-state index in [0.29, 0.717) is 12.5 Å². The van der Waals surface area contributed by atoms with E-state index in [1.165, 1.54) is 45.2 Å². The highest BCUT2D eigenvalue weighted by Gasteiger charge is 2.19. The predicted molar refractivity (Wildman–Crippen MR) is 78.2 cm³/mol. The fraction of sp³-hybridized carbons (Fsp3) is 0.933. The molecule has 1 amide bonds. The Kier molecular flexibility index (Phi) is 6.11. The second-order valence-electron chi connectivity index (χ2n) is 6.18. The summed E-state index contributed by atoms with van der Waals surface area (Å²) in [6.45, 7) is 6.60. The molecule has 2 saturated heterocycles. The Balaban J connectivity index is 1.63. The normalized spacial score (nSPS) is 26.9. The summed E-state index contributed by atoms with van der Waals surface area (Å²) in [5, 5.41) is 6.59. The Morgan fingerprint density at radius 3 is 2.74 bits per heavy atom. The van der Waals surface area contributed by atoms with Gasteiger partial charge in [-0.1, -0.05) is 12.8 Å². The standard InChI is InChI=1S/C15H29N3O/c1-13(12-18-9-5-2-6-10-18)17-15(19)11-14-7-3-4-8-16-14/h13-14,16H,2-12H2,1H3,(H,17,19). The van der Waals surface area contributed by atoms with Crippen LogP contribution in [0.4, 0.5) is 0 Å². The molecule has 0 radical (unpaired) electrons. The van der Waals surface area contributed by atoms with Crippen molar-refractivity contribution in [2.24, 2.45) is 0 Å². The zero-order valence-electron chi connectivity index (χ0n) is 12.3. The highest BCUT2D eigenvalue weighted by Crippen LogP contribution is 2.11. The fourth-order valence-electron chi connectivity index (χ4n) is 3.23. The van der Waals surface area contributed by atoms with Crippen LogP contribution in [-0.4, -0.2) is 49.1 Å². The van der Waals surface area contributed by atoms with E-state index in [-0.39, 0.29) is 11.9 Å². The van der Waals surface area contributed by atoms with E-state index in [9.17, 15) is 4.79 Å². The summed E-state index contributed by atoms with van der Waals surface area (Å²) < 4.78 is 0. The molecule has 4 nitrogen and oxygen atoms in total. The summed E-state index contributed by atoms with van der Waals surface area (Å²) >= 11 is 0. The van der Waals surface area contributed by atoms with Gasteiger partial charge in [0.05, 0.1) is 0 Å². The smallest absolute Gasteiger partial charge is 0.221 e. The van der Waals surface area contributed by atoms with E-state index in [0.717, 1.165) is 19.5 Å². The predicted octanol–water partition coefficient (Wildman–Crippen LogP) is 1.51. The van der Waals surface area contributed by atoms with Crippen molar-refractivity contribution in [3.8, 4) is 0 Å². The van der Waals surface area contributed by atoms with E-state index in [2.05, 4.69) is 22.5 Å². The van der Waals surface area contributed by atoms with Crippen LogP contribution in [0, 0.1) is 0 Å². The molecule has 2 atom stereocenters. The van der Waals surface area contributed by atoms with E-state index in [4.69, 9.17) is 0 Å². The summed E-state index contributed by atoms with van der Waals surface area (Å²) in [5.74, 6) is 0.212. The van der Waals surface area contributed by atoms with Gasteiger partial charge in [-0.2, -0.15) is 0 Å². The lowest BCUT2D eigenvalue weighted by Gasteiger charge is -2.30. The monoisotopic (exact) mass is 267 g/mol. The maximum Gasteiger partial charge on any atom is 0.221 e. The van der Waals surface area contributed by atoms with Crippen LogP contribution in [0.2, 0.25) is 0 Å². The molecule has 2 unspecified atom stereocenters. The lowest BCUT2D eigenvalue weighted by Crippen LogP contribution is -2.45. The van der Waals surface area contributed by atoms with Gasteiger partial charge in [-0.05, 0) is 52.2 Å². The molecule has 0 aromatic rings. The quantitative estimate of drug-likeness (QED) is 0.793. The molecule has 2 heterocycles. The van der Waals surface area contributed by atoms with Crippen molar-refractivity contribution in [3.63, 3.8) is 0 Å². The molecule has 0 aliphatic carbocycles. The minimum Gasteiger partial charge on any atom is -0.352 e. The van der Waals surface area contributed by atoms with Crippen molar-refractivity contribution < 1.29 is 4.79 Å². The number of hydrogen-bond acceptors (Lipinski definition) is 3. The molecule has 0 aromatic heterocycles. The molecule has 2 aliphatic rings. The maximum absolute atomic E-state index is 12.0. The summed E-state index contributed by atoms with van der Waals surface area (Å²) in [5.41, 5.74) is 0. The number of carbonyl (C=O) groups is 1. The van der Waals surface area contributed by atoms with Crippen LogP contribution < -0.4 is 10.6 Å². The van der Waals surface area contributed by atoms with Gasteiger partial charge < -0.3 is 15.5 Å². The lowest BCUT2D eigenvalue weighted by atomic mass is 10.0. The van der Waals surface area contributed by atoms with Gasteiger partial charge in [0.2, 0.25) is 5.91 Å². The molecular formula is C15H29N3O. The molecule has 0 spiro atoms. The molecule has 0 aromatic carbocycles. The maximum atomic E-state index is 12.0. The van der Waals surface area contributed by atoms with Crippen LogP contribution in [0.25, 0.3) is 0 Å². The highest BCUT2D eigenvalue weighted by atomic mass is 16.1. The van der Waals surface area contributed by atoms with Gasteiger partial charge in [0, 0.05) is 25.0 Å². The minimum atomic E-state index is 0.212. The highest BCUT2D eigenvalue weighted by molar-refractivity contribution is 5.76. The van der Waals surface area contributed by atoms with Crippen molar-refractivity contribution in [2.75, 3.05) is 26.2 Å². The van der Waals surface area contributed by atoms with Crippen molar-refractivity contribution in [1.82, 2.24) is 15.5 Å². The molecule has 2 fully saturated rings. The van der Waals surface area contributed by atoms with Crippen molar-refractivity contribution in [1.29, 1.82) is 0 Å². The Labute approximate surface area is 117 Å². The number of carbonyl (C=O) groups excluding carboxylic acids is 1. The van der Waals surface area contributed by atoms with Gasteiger partial charge in [-0.25, -0.2) is 0 Å². The number of nitrogens with zero attached hydrogens (tertiary/aromatic N) is 1. The third-order valence-corrected chi connectivity index (χ3v) is 4.23. The summed E-state index contributed by atoms with van der Waals surface area (Å²) in [6.07, 6.45) is 8.29. The van der Waals surface area contributed by atoms with Gasteiger partial charge >= 0.3 is 0 Å². The Hall–Kier alpha value is -0.610. The first-order valence-corrected chi connectivity index (χ1v) is 7.99. The van der Waals surface area contributed by atoms with Crippen molar-refractivity contribution >= 4 is 5.91 Å². The Morgan fingerprint density at radius 1 is 1.26 bits per heavy atom. The SMILES string of the molecule is CC(CN1CCCCC1)NC(=O)CC1CCCCN1. The molecule has 0 saturated carbocycles. The Morgan fingerprint density at radius 2 is 2.05 bits per heavy atom. The molecule has 2 rings (SSSR count). The second-order valence-corrected chi connectivity index (χ2v) is 6.18. The average Bonchev–Trinajstić information content (AvgIpc) is 2.40. The number of likely N-dealkylation sites (tertiary alicyclic amines) is 1. The van der Waals surface area contributed by atoms with Gasteiger partial charge in [0.1, 0.15) is 0 Å². The van der Waals surface area contributed by atoms with E-state index >= 15 is 0 Å². The number of amides is 1. The topological polar surface area (TPSA) is 44.4 Å². The first kappa shape index (κ1) is 14.8. The number of rotatable bonds is 5. The fourth-order valence-corrected chi connectivity index (χ4v) is 3.23.